The fourth-order valence-corrected chi connectivity index (χ4v) is 3.46. The molecule has 152 valence electrons. The number of benzene rings is 2. The minimum absolute atomic E-state index is 0.105. The first kappa shape index (κ1) is 20.7. The van der Waals surface area contributed by atoms with E-state index < -0.39 is 5.91 Å². The first-order valence-corrected chi connectivity index (χ1v) is 10.4. The van der Waals surface area contributed by atoms with Crippen LogP contribution in [0.25, 0.3) is 5.69 Å². The van der Waals surface area contributed by atoms with Gasteiger partial charge in [-0.25, -0.2) is 0 Å². The van der Waals surface area contributed by atoms with Crippen molar-refractivity contribution in [3.8, 4) is 17.2 Å². The normalized spacial score (nSPS) is 10.7. The molecule has 3 rings (SSSR count). The fourth-order valence-electron chi connectivity index (χ4n) is 2.75. The third-order valence-corrected chi connectivity index (χ3v) is 5.10. The second-order valence-corrected chi connectivity index (χ2v) is 7.12. The third kappa shape index (κ3) is 5.29. The number of amides is 1. The molecular weight excluding hydrogens is 388 g/mol. The summed E-state index contributed by atoms with van der Waals surface area (Å²) in [5, 5.41) is 9.07. The summed E-state index contributed by atoms with van der Waals surface area (Å²) in [6.45, 7) is 4.78. The minimum Gasteiger partial charge on any atom is -0.492 e. The van der Waals surface area contributed by atoms with Gasteiger partial charge in [-0.15, -0.1) is 10.2 Å². The number of nitrogens with two attached hydrogens (primary N) is 1. The molecule has 0 unspecified atom stereocenters. The summed E-state index contributed by atoms with van der Waals surface area (Å²) < 4.78 is 13.5. The van der Waals surface area contributed by atoms with Crippen LogP contribution in [0.3, 0.4) is 0 Å². The van der Waals surface area contributed by atoms with Crippen molar-refractivity contribution < 1.29 is 14.3 Å². The van der Waals surface area contributed by atoms with Crippen LogP contribution >= 0.6 is 11.8 Å². The van der Waals surface area contributed by atoms with Gasteiger partial charge >= 0.3 is 0 Å². The summed E-state index contributed by atoms with van der Waals surface area (Å²) in [4.78, 5) is 11.3. The van der Waals surface area contributed by atoms with Crippen molar-refractivity contribution in [2.75, 3.05) is 12.4 Å². The first-order chi connectivity index (χ1) is 14.1. The number of hydrogen-bond donors (Lipinski definition) is 1. The molecule has 0 saturated carbocycles. The van der Waals surface area contributed by atoms with Crippen LogP contribution in [-0.2, 0) is 17.8 Å². The summed E-state index contributed by atoms with van der Waals surface area (Å²) in [7, 11) is 0. The van der Waals surface area contributed by atoms with E-state index in [0.717, 1.165) is 17.9 Å². The van der Waals surface area contributed by atoms with Crippen molar-refractivity contribution in [1.82, 2.24) is 14.8 Å². The predicted molar refractivity (Wildman–Crippen MR) is 113 cm³/mol. The van der Waals surface area contributed by atoms with Crippen molar-refractivity contribution in [3.63, 3.8) is 0 Å². The van der Waals surface area contributed by atoms with Gasteiger partial charge in [0, 0.05) is 0 Å². The molecule has 1 heterocycles. The van der Waals surface area contributed by atoms with E-state index in [-0.39, 0.29) is 12.4 Å². The second-order valence-electron chi connectivity index (χ2n) is 6.18. The molecular formula is C21H24N4O3S. The number of para-hydroxylation sites is 2. The Labute approximate surface area is 174 Å². The molecule has 7 nitrogen and oxygen atoms in total. The number of ether oxygens (including phenoxy) is 2. The quantitative estimate of drug-likeness (QED) is 0.513. The van der Waals surface area contributed by atoms with E-state index in [1.54, 1.807) is 0 Å². The van der Waals surface area contributed by atoms with E-state index in [0.29, 0.717) is 23.3 Å². The molecule has 3 aromatic rings. The third-order valence-electron chi connectivity index (χ3n) is 4.15. The fraction of sp³-hybridized carbons (Fsp3) is 0.286. The van der Waals surface area contributed by atoms with Crippen molar-refractivity contribution in [2.24, 2.45) is 5.73 Å². The Hall–Kier alpha value is -3.00. The van der Waals surface area contributed by atoms with Crippen molar-refractivity contribution in [1.29, 1.82) is 0 Å². The van der Waals surface area contributed by atoms with Gasteiger partial charge in [-0.05, 0) is 43.2 Å². The molecule has 8 heteroatoms. The predicted octanol–water partition coefficient (Wildman–Crippen LogP) is 3.38. The van der Waals surface area contributed by atoms with Gasteiger partial charge in [-0.3, -0.25) is 9.36 Å². The number of aryl methyl sites for hydroxylation is 1. The molecule has 0 aliphatic carbocycles. The van der Waals surface area contributed by atoms with Gasteiger partial charge in [0.2, 0.25) is 5.91 Å². The molecule has 0 spiro atoms. The van der Waals surface area contributed by atoms with Gasteiger partial charge in [0.05, 0.1) is 18.0 Å². The van der Waals surface area contributed by atoms with E-state index in [2.05, 4.69) is 17.1 Å². The maximum Gasteiger partial charge on any atom is 0.227 e. The number of rotatable bonds is 10. The number of aromatic nitrogens is 3. The number of nitrogens with zero attached hydrogens (tertiary/aromatic N) is 3. The number of thioether (sulfide) groups is 1. The van der Waals surface area contributed by atoms with Gasteiger partial charge in [0.15, 0.2) is 11.0 Å². The molecule has 0 fully saturated rings. The highest BCUT2D eigenvalue weighted by Gasteiger charge is 2.18. The Morgan fingerprint density at radius 3 is 2.52 bits per heavy atom. The lowest BCUT2D eigenvalue weighted by Crippen LogP contribution is -2.14. The van der Waals surface area contributed by atoms with Crippen LogP contribution in [-0.4, -0.2) is 33.0 Å². The maximum atomic E-state index is 11.3. The molecule has 0 aliphatic rings. The Kier molecular flexibility index (Phi) is 7.13. The maximum absolute atomic E-state index is 11.3. The summed E-state index contributed by atoms with van der Waals surface area (Å²) >= 11 is 1.23. The van der Waals surface area contributed by atoms with Crippen LogP contribution in [0.15, 0.2) is 53.7 Å². The van der Waals surface area contributed by atoms with Crippen molar-refractivity contribution in [3.05, 3.63) is 59.9 Å². The zero-order valence-corrected chi connectivity index (χ0v) is 17.3. The number of hydrogen-bond acceptors (Lipinski definition) is 6. The Morgan fingerprint density at radius 2 is 1.83 bits per heavy atom. The molecule has 1 amide bonds. The number of carbonyl (C=O) groups is 1. The average molecular weight is 413 g/mol. The van der Waals surface area contributed by atoms with Gasteiger partial charge in [-0.2, -0.15) is 0 Å². The summed E-state index contributed by atoms with van der Waals surface area (Å²) in [6, 6.07) is 15.6. The van der Waals surface area contributed by atoms with Crippen LogP contribution in [0.4, 0.5) is 0 Å². The minimum atomic E-state index is -0.420. The SMILES string of the molecule is CCOc1ccccc1-n1c(COc2ccc(CC)cc2)nnc1SCC(N)=O. The topological polar surface area (TPSA) is 92.3 Å². The molecule has 2 N–H and O–H groups in total. The highest BCUT2D eigenvalue weighted by Crippen LogP contribution is 2.29. The Bertz CT molecular complexity index is 957. The van der Waals surface area contributed by atoms with Crippen LogP contribution in [0.2, 0.25) is 0 Å². The van der Waals surface area contributed by atoms with E-state index in [1.807, 2.05) is 60.0 Å². The average Bonchev–Trinajstić information content (AvgIpc) is 3.14. The number of carbonyl (C=O) groups excluding carboxylic acids is 1. The monoisotopic (exact) mass is 412 g/mol. The van der Waals surface area contributed by atoms with E-state index >= 15 is 0 Å². The van der Waals surface area contributed by atoms with Gasteiger partial charge < -0.3 is 15.2 Å². The lowest BCUT2D eigenvalue weighted by molar-refractivity contribution is -0.115. The standard InChI is InChI=1S/C21H24N4O3S/c1-3-15-9-11-16(12-10-15)28-13-20-23-24-21(29-14-19(22)26)25(20)17-7-5-6-8-18(17)27-4-2/h5-12H,3-4,13-14H2,1-2H3,(H2,22,26). The Morgan fingerprint density at radius 1 is 1.07 bits per heavy atom. The summed E-state index contributed by atoms with van der Waals surface area (Å²) in [6.07, 6.45) is 0.975. The highest BCUT2D eigenvalue weighted by molar-refractivity contribution is 7.99. The highest BCUT2D eigenvalue weighted by atomic mass is 32.2. The van der Waals surface area contributed by atoms with Crippen LogP contribution in [0.1, 0.15) is 25.2 Å². The molecule has 0 atom stereocenters. The van der Waals surface area contributed by atoms with Gasteiger partial charge in [-0.1, -0.05) is 43.0 Å². The summed E-state index contributed by atoms with van der Waals surface area (Å²) in [5.41, 5.74) is 7.34. The van der Waals surface area contributed by atoms with Crippen molar-refractivity contribution >= 4 is 17.7 Å². The van der Waals surface area contributed by atoms with E-state index in [4.69, 9.17) is 15.2 Å². The lowest BCUT2D eigenvalue weighted by atomic mass is 10.2. The number of primary amides is 1. The van der Waals surface area contributed by atoms with Gasteiger partial charge in [0.25, 0.3) is 0 Å². The molecule has 1 aromatic heterocycles. The molecule has 0 saturated heterocycles. The molecule has 0 radical (unpaired) electrons. The van der Waals surface area contributed by atoms with Crippen LogP contribution in [0, 0.1) is 0 Å². The molecule has 29 heavy (non-hydrogen) atoms. The zero-order chi connectivity index (χ0) is 20.6. The lowest BCUT2D eigenvalue weighted by Gasteiger charge is -2.15. The van der Waals surface area contributed by atoms with Crippen LogP contribution < -0.4 is 15.2 Å². The Balaban J connectivity index is 1.91. The van der Waals surface area contributed by atoms with Crippen LogP contribution in [0.5, 0.6) is 11.5 Å². The smallest absolute Gasteiger partial charge is 0.227 e. The molecule has 0 aliphatic heterocycles. The molecule has 2 aromatic carbocycles. The van der Waals surface area contributed by atoms with Crippen molar-refractivity contribution in [2.45, 2.75) is 32.0 Å². The van der Waals surface area contributed by atoms with E-state index in [9.17, 15) is 4.79 Å². The van der Waals surface area contributed by atoms with Gasteiger partial charge in [0.1, 0.15) is 18.1 Å². The summed E-state index contributed by atoms with van der Waals surface area (Å²) in [5.74, 6) is 1.74. The second kappa shape index (κ2) is 9.97. The zero-order valence-electron chi connectivity index (χ0n) is 16.5. The first-order valence-electron chi connectivity index (χ1n) is 9.41. The van der Waals surface area contributed by atoms with E-state index in [1.165, 1.54) is 17.3 Å². The molecule has 0 bridgehead atoms. The largest absolute Gasteiger partial charge is 0.492 e.